The number of carbonyl (C=O) groups is 14. The predicted octanol–water partition coefficient (Wildman–Crippen LogP) is -2.09. The first kappa shape index (κ1) is 82.0. The highest BCUT2D eigenvalue weighted by Crippen LogP contribution is 2.24. The fourth-order valence-corrected chi connectivity index (χ4v) is 12.5. The zero-order valence-corrected chi connectivity index (χ0v) is 60.0. The van der Waals surface area contributed by atoms with Crippen LogP contribution >= 0.6 is 11.6 Å². The lowest BCUT2D eigenvalue weighted by atomic mass is 9.98. The molecule has 11 atom stereocenters. The largest absolute Gasteiger partial charge is 0.480 e. The van der Waals surface area contributed by atoms with E-state index in [2.05, 4.69) is 68.8 Å². The van der Waals surface area contributed by atoms with Crippen LogP contribution in [0, 0.1) is 11.3 Å². The number of nitrogens with zero attached hydrogens (tertiary/aromatic N) is 1. The molecule has 3 heterocycles. The van der Waals surface area contributed by atoms with Gasteiger partial charge in [0, 0.05) is 80.9 Å². The average molecular weight is 1490 g/mol. The van der Waals surface area contributed by atoms with E-state index >= 15 is 19.2 Å². The number of aromatic amines is 1. The number of rotatable bonds is 26. The number of guanidine groups is 1. The van der Waals surface area contributed by atoms with E-state index in [4.69, 9.17) is 34.3 Å². The SMILES string of the molecule is CC(=O)N[C@H]1CCC(=O)N[C@@H](C)C(=O)NCC[C@@H](C(=O)N[C@H](Cc2ccc3ccccc3c2)C(=O)N[C@@H](CC(C)C)C(=O)N[C@@H](CCCNC(=N)N)C(=O)N2CCC[C@H]2C(=O)N[C@@H](CN)C(=O)O)NC(=O)[C@H](CC(=O)NN)NC(=O)[C@@H](Cc2c[nH]c3ccccc23)NC(=O)[C@@H](Cc2ccc(Cl)cc2)NC1=O. The van der Waals surface area contributed by atoms with Crippen molar-refractivity contribution in [2.45, 2.75) is 171 Å². The lowest BCUT2D eigenvalue weighted by Crippen LogP contribution is -2.62. The summed E-state index contributed by atoms with van der Waals surface area (Å²) >= 11 is 6.22. The number of carbonyl (C=O) groups excluding carboxylic acids is 13. The third-order valence-corrected chi connectivity index (χ3v) is 18.2. The first-order chi connectivity index (χ1) is 50.5. The molecular weight excluding hydrogens is 1390 g/mol. The Kier molecular flexibility index (Phi) is 30.6. The van der Waals surface area contributed by atoms with Crippen LogP contribution in [0.15, 0.2) is 97.2 Å². The Labute approximate surface area is 615 Å². The number of carboxylic acids is 1. The third-order valence-electron chi connectivity index (χ3n) is 17.9. The van der Waals surface area contributed by atoms with Gasteiger partial charge in [-0.3, -0.25) is 73.2 Å². The van der Waals surface area contributed by atoms with Gasteiger partial charge in [0.1, 0.15) is 66.5 Å². The molecule has 0 bridgehead atoms. The van der Waals surface area contributed by atoms with Gasteiger partial charge in [0.05, 0.1) is 6.42 Å². The molecule has 570 valence electrons. The Morgan fingerprint density at radius 1 is 0.698 bits per heavy atom. The molecule has 4 aromatic carbocycles. The highest BCUT2D eigenvalue weighted by atomic mass is 35.5. The van der Waals surface area contributed by atoms with E-state index in [0.29, 0.717) is 39.0 Å². The quantitative estimate of drug-likeness (QED) is 0.00705. The van der Waals surface area contributed by atoms with Crippen molar-refractivity contribution in [3.8, 4) is 0 Å². The molecule has 35 heteroatoms. The van der Waals surface area contributed by atoms with Gasteiger partial charge >= 0.3 is 5.97 Å². The van der Waals surface area contributed by atoms with Crippen LogP contribution < -0.4 is 86.5 Å². The second-order valence-corrected chi connectivity index (χ2v) is 27.0. The summed E-state index contributed by atoms with van der Waals surface area (Å²) in [6, 6.07) is 9.16. The number of carboxylic acid groups (broad SMARTS) is 1. The zero-order valence-electron chi connectivity index (χ0n) is 59.2. The lowest BCUT2D eigenvalue weighted by Gasteiger charge is -2.31. The van der Waals surface area contributed by atoms with Crippen molar-refractivity contribution in [2.75, 3.05) is 26.2 Å². The molecule has 2 aliphatic rings. The monoisotopic (exact) mass is 1490 g/mol. The molecule has 0 radical (unpaired) electrons. The standard InChI is InChI=1S/C71H94ClN19O15/c1-37(2)29-51(63(98)83-50(15-9-26-78-71(74)75)69(104)91-28-10-16-57(91)68(103)89-56(35-73)70(105)106)84-65(100)53(32-41-17-20-42-11-5-6-12-43(42)30-41)86-62(97)49-25-27-77-60(95)38(3)80-58(93)24-23-48(81-39(4)92)61(96)85-52(31-40-18-21-45(72)22-19-40)64(99)87-54(33-44-36-79-47-14-8-7-13-46(44)47)66(101)88-55(67(102)82-49)34-59(94)90-76/h5-8,11-14,17-22,30,36-38,48-57,79H,9-10,15-16,23-29,31-35,73,76H2,1-4H3,(H,77,95)(H,80,93)(H,81,92)(H,82,102)(H,83,98)(H,84,100)(H,85,96)(H,86,97)(H,87,99)(H,88,101)(H,89,103)(H,90,94)(H,105,106)(H4,74,75,78)/t38-,48-,49-,50-,51-,52+,53+,54+,55-,56-,57-/m0/s1. The number of aliphatic carboxylic acids is 1. The Bertz CT molecular complexity index is 4040. The summed E-state index contributed by atoms with van der Waals surface area (Å²) in [5.41, 5.74) is 15.2. The molecule has 2 saturated heterocycles. The van der Waals surface area contributed by atoms with Crippen LogP contribution in [0.4, 0.5) is 0 Å². The highest BCUT2D eigenvalue weighted by Gasteiger charge is 2.41. The number of aromatic nitrogens is 1. The van der Waals surface area contributed by atoms with Crippen LogP contribution in [0.3, 0.4) is 0 Å². The topological polar surface area (TPSA) is 537 Å². The number of amides is 13. The molecule has 13 amide bonds. The first-order valence-corrected chi connectivity index (χ1v) is 35.2. The summed E-state index contributed by atoms with van der Waals surface area (Å²) in [7, 11) is 0. The fourth-order valence-electron chi connectivity index (χ4n) is 12.4. The van der Waals surface area contributed by atoms with Gasteiger partial charge in [0.25, 0.3) is 0 Å². The maximum absolute atomic E-state index is 15.3. The van der Waals surface area contributed by atoms with Gasteiger partial charge < -0.3 is 90.3 Å². The molecule has 2 aliphatic heterocycles. The summed E-state index contributed by atoms with van der Waals surface area (Å²) in [4.78, 5) is 203. The number of nitrogens with one attached hydrogen (secondary N) is 15. The van der Waals surface area contributed by atoms with Gasteiger partial charge in [0.2, 0.25) is 76.8 Å². The van der Waals surface area contributed by atoms with E-state index in [1.54, 1.807) is 92.8 Å². The molecule has 0 saturated carbocycles. The molecule has 106 heavy (non-hydrogen) atoms. The number of H-pyrrole nitrogens is 1. The molecule has 2 fully saturated rings. The third kappa shape index (κ3) is 24.4. The van der Waals surface area contributed by atoms with Gasteiger partial charge in [0.15, 0.2) is 5.96 Å². The number of halogens is 1. The van der Waals surface area contributed by atoms with Gasteiger partial charge in [-0.05, 0) is 103 Å². The van der Waals surface area contributed by atoms with Crippen molar-refractivity contribution in [1.29, 1.82) is 5.41 Å². The summed E-state index contributed by atoms with van der Waals surface area (Å²) in [6.07, 6.45) is -0.903. The second-order valence-electron chi connectivity index (χ2n) is 26.6. The smallest absolute Gasteiger partial charge is 0.327 e. The molecule has 1 aromatic heterocycles. The molecular formula is C71H94ClN19O15. The molecule has 7 rings (SSSR count). The molecule has 5 aromatic rings. The first-order valence-electron chi connectivity index (χ1n) is 34.9. The minimum absolute atomic E-state index is 0.0490. The molecule has 34 nitrogen and oxygen atoms in total. The summed E-state index contributed by atoms with van der Waals surface area (Å²) in [6.45, 7) is 5.23. The van der Waals surface area contributed by atoms with E-state index in [1.165, 1.54) is 11.8 Å². The van der Waals surface area contributed by atoms with Gasteiger partial charge in [-0.25, -0.2) is 10.6 Å². The van der Waals surface area contributed by atoms with Crippen LogP contribution in [0.2, 0.25) is 5.02 Å². The van der Waals surface area contributed by atoms with Crippen LogP contribution in [-0.2, 0) is 86.4 Å². The molecule has 22 N–H and O–H groups in total. The number of likely N-dealkylation sites (tertiary alicyclic amines) is 1. The van der Waals surface area contributed by atoms with Crippen LogP contribution in [-0.4, -0.2) is 196 Å². The zero-order chi connectivity index (χ0) is 77.3. The number of hydrogen-bond acceptors (Lipinski definition) is 17. The van der Waals surface area contributed by atoms with Crippen LogP contribution in [0.1, 0.15) is 102 Å². The highest BCUT2D eigenvalue weighted by molar-refractivity contribution is 6.30. The summed E-state index contributed by atoms with van der Waals surface area (Å²) in [5, 5.41) is 51.2. The number of fused-ring (bicyclic) bond motifs is 2. The van der Waals surface area contributed by atoms with Gasteiger partial charge in [-0.2, -0.15) is 0 Å². The normalized spacial score (nSPS) is 20.5. The number of benzene rings is 4. The minimum atomic E-state index is -1.93. The number of para-hydroxylation sites is 1. The van der Waals surface area contributed by atoms with Gasteiger partial charge in [-0.15, -0.1) is 0 Å². The van der Waals surface area contributed by atoms with E-state index < -0.39 is 182 Å². The lowest BCUT2D eigenvalue weighted by molar-refractivity contribution is -0.145. The number of hydrazine groups is 1. The van der Waals surface area contributed by atoms with Crippen LogP contribution in [0.25, 0.3) is 21.7 Å². The Hall–Kier alpha value is -11.3. The van der Waals surface area contributed by atoms with E-state index in [0.717, 1.165) is 17.7 Å². The van der Waals surface area contributed by atoms with Crippen molar-refractivity contribution in [3.63, 3.8) is 0 Å². The molecule has 0 unspecified atom stereocenters. The predicted molar refractivity (Wildman–Crippen MR) is 389 cm³/mol. The van der Waals surface area contributed by atoms with Crippen LogP contribution in [0.5, 0.6) is 0 Å². The number of hydrogen-bond donors (Lipinski definition) is 19. The van der Waals surface area contributed by atoms with Crippen molar-refractivity contribution >= 4 is 122 Å². The average Bonchev–Trinajstić information content (AvgIpc) is 1.69. The molecule has 0 aliphatic carbocycles. The maximum Gasteiger partial charge on any atom is 0.327 e. The van der Waals surface area contributed by atoms with Crippen molar-refractivity contribution < 1.29 is 72.2 Å². The maximum atomic E-state index is 15.3. The van der Waals surface area contributed by atoms with Crippen molar-refractivity contribution in [2.24, 2.45) is 23.2 Å². The molecule has 0 spiro atoms. The Morgan fingerprint density at radius 3 is 2.01 bits per heavy atom. The van der Waals surface area contributed by atoms with Gasteiger partial charge in [-0.1, -0.05) is 98.2 Å². The minimum Gasteiger partial charge on any atom is -0.480 e. The van der Waals surface area contributed by atoms with E-state index in [9.17, 15) is 53.1 Å². The fraction of sp³-hybridized carbons (Fsp3) is 0.451. The Morgan fingerprint density at radius 2 is 1.33 bits per heavy atom. The number of nitrogens with two attached hydrogens (primary N) is 3. The van der Waals surface area contributed by atoms with Crippen molar-refractivity contribution in [1.82, 2.24) is 79.1 Å². The Balaban J connectivity index is 1.25. The van der Waals surface area contributed by atoms with E-state index in [-0.39, 0.29) is 76.3 Å². The van der Waals surface area contributed by atoms with Crippen molar-refractivity contribution in [3.05, 3.63) is 119 Å². The second kappa shape index (κ2) is 39.6. The van der Waals surface area contributed by atoms with E-state index in [1.807, 2.05) is 23.6 Å². The summed E-state index contributed by atoms with van der Waals surface area (Å²) < 4.78 is 0. The summed E-state index contributed by atoms with van der Waals surface area (Å²) in [5.74, 6) is -8.26.